The molecular weight excluding hydrogens is 366 g/mol. The van der Waals surface area contributed by atoms with E-state index in [2.05, 4.69) is 20.6 Å². The number of aromatic nitrogens is 4. The number of nitrogens with zero attached hydrogens (tertiary/aromatic N) is 3. The molecule has 0 saturated heterocycles. The molecule has 0 aliphatic rings. The van der Waals surface area contributed by atoms with Gasteiger partial charge in [-0.25, -0.2) is 5.10 Å². The summed E-state index contributed by atoms with van der Waals surface area (Å²) in [5.74, 6) is -0.195. The van der Waals surface area contributed by atoms with Crippen LogP contribution in [-0.4, -0.2) is 25.9 Å². The number of H-pyrrole nitrogens is 1. The van der Waals surface area contributed by atoms with Gasteiger partial charge in [0, 0.05) is 16.6 Å². The van der Waals surface area contributed by atoms with Gasteiger partial charge in [0.2, 0.25) is 0 Å². The van der Waals surface area contributed by atoms with Crippen LogP contribution in [0.15, 0.2) is 59.4 Å². The first-order chi connectivity index (χ1) is 14.0. The van der Waals surface area contributed by atoms with Gasteiger partial charge in [0.15, 0.2) is 0 Å². The number of aromatic amines is 1. The van der Waals surface area contributed by atoms with Crippen LogP contribution in [0, 0.1) is 13.8 Å². The molecule has 7 nitrogen and oxygen atoms in total. The van der Waals surface area contributed by atoms with Gasteiger partial charge in [0.1, 0.15) is 0 Å². The molecular formula is C22H21N5O2. The van der Waals surface area contributed by atoms with E-state index in [9.17, 15) is 9.59 Å². The molecule has 0 radical (unpaired) electrons. The first kappa shape index (κ1) is 18.6. The molecule has 0 saturated carbocycles. The highest BCUT2D eigenvalue weighted by Crippen LogP contribution is 2.13. The van der Waals surface area contributed by atoms with E-state index >= 15 is 0 Å². The molecule has 2 N–H and O–H groups in total. The van der Waals surface area contributed by atoms with Crippen molar-refractivity contribution in [2.75, 3.05) is 0 Å². The van der Waals surface area contributed by atoms with Gasteiger partial charge < -0.3 is 5.32 Å². The molecule has 0 unspecified atom stereocenters. The van der Waals surface area contributed by atoms with Crippen molar-refractivity contribution >= 4 is 16.7 Å². The van der Waals surface area contributed by atoms with Crippen LogP contribution in [0.5, 0.6) is 0 Å². The van der Waals surface area contributed by atoms with E-state index in [1.807, 2.05) is 48.9 Å². The summed E-state index contributed by atoms with van der Waals surface area (Å²) in [5, 5.41) is 15.2. The molecule has 4 rings (SSSR count). The number of hydrogen-bond donors (Lipinski definition) is 2. The molecule has 1 amide bonds. The van der Waals surface area contributed by atoms with Gasteiger partial charge in [0.05, 0.1) is 29.9 Å². The Bertz CT molecular complexity index is 1240. The maximum absolute atomic E-state index is 12.5. The van der Waals surface area contributed by atoms with E-state index in [-0.39, 0.29) is 18.0 Å². The first-order valence-corrected chi connectivity index (χ1v) is 9.36. The number of amides is 1. The molecule has 29 heavy (non-hydrogen) atoms. The minimum Gasteiger partial charge on any atom is -0.346 e. The molecule has 2 aromatic heterocycles. The molecule has 0 atom stereocenters. The van der Waals surface area contributed by atoms with E-state index in [4.69, 9.17) is 0 Å². The average Bonchev–Trinajstić information content (AvgIpc) is 3.04. The minimum atomic E-state index is -0.242. The lowest BCUT2D eigenvalue weighted by molar-refractivity contribution is 0.0950. The highest BCUT2D eigenvalue weighted by atomic mass is 16.1. The molecule has 0 aliphatic heterocycles. The highest BCUT2D eigenvalue weighted by Gasteiger charge is 2.10. The number of carbonyl (C=O) groups is 1. The Morgan fingerprint density at radius 1 is 1.07 bits per heavy atom. The number of hydrogen-bond acceptors (Lipinski definition) is 4. The van der Waals surface area contributed by atoms with Crippen molar-refractivity contribution in [3.63, 3.8) is 0 Å². The van der Waals surface area contributed by atoms with E-state index in [0.29, 0.717) is 23.2 Å². The number of benzene rings is 2. The molecule has 146 valence electrons. The zero-order valence-electron chi connectivity index (χ0n) is 16.3. The van der Waals surface area contributed by atoms with E-state index in [1.54, 1.807) is 24.3 Å². The summed E-state index contributed by atoms with van der Waals surface area (Å²) < 4.78 is 1.94. The first-order valence-electron chi connectivity index (χ1n) is 9.36. The zero-order chi connectivity index (χ0) is 20.4. The smallest absolute Gasteiger partial charge is 0.272 e. The number of fused-ring (bicyclic) bond motifs is 1. The third-order valence-electron chi connectivity index (χ3n) is 4.84. The van der Waals surface area contributed by atoms with Gasteiger partial charge in [-0.15, -0.1) is 0 Å². The molecule has 0 bridgehead atoms. The molecule has 0 fully saturated rings. The summed E-state index contributed by atoms with van der Waals surface area (Å²) in [5.41, 5.74) is 4.10. The third kappa shape index (κ3) is 3.94. The van der Waals surface area contributed by atoms with Crippen molar-refractivity contribution < 1.29 is 4.79 Å². The molecule has 2 heterocycles. The van der Waals surface area contributed by atoms with Crippen LogP contribution in [0.3, 0.4) is 0 Å². The lowest BCUT2D eigenvalue weighted by Crippen LogP contribution is -2.24. The monoisotopic (exact) mass is 387 g/mol. The minimum absolute atomic E-state index is 0.195. The van der Waals surface area contributed by atoms with Crippen LogP contribution in [0.4, 0.5) is 0 Å². The molecule has 2 aromatic carbocycles. The fourth-order valence-electron chi connectivity index (χ4n) is 3.34. The summed E-state index contributed by atoms with van der Waals surface area (Å²) in [6.07, 6.45) is 0. The quantitative estimate of drug-likeness (QED) is 0.551. The maximum atomic E-state index is 12.5. The van der Waals surface area contributed by atoms with Gasteiger partial charge in [0.25, 0.3) is 11.5 Å². The van der Waals surface area contributed by atoms with Crippen molar-refractivity contribution in [3.8, 4) is 0 Å². The average molecular weight is 387 g/mol. The van der Waals surface area contributed by atoms with E-state index < -0.39 is 0 Å². The Labute approximate surface area is 167 Å². The zero-order valence-corrected chi connectivity index (χ0v) is 16.3. The maximum Gasteiger partial charge on any atom is 0.272 e. The van der Waals surface area contributed by atoms with Gasteiger partial charge in [-0.05, 0) is 43.7 Å². The Morgan fingerprint density at radius 2 is 1.79 bits per heavy atom. The molecule has 4 aromatic rings. The Balaban J connectivity index is 1.45. The van der Waals surface area contributed by atoms with Gasteiger partial charge >= 0.3 is 0 Å². The summed E-state index contributed by atoms with van der Waals surface area (Å²) >= 11 is 0. The van der Waals surface area contributed by atoms with Crippen LogP contribution in [0.2, 0.25) is 0 Å². The van der Waals surface area contributed by atoms with E-state index in [1.165, 1.54) is 0 Å². The van der Waals surface area contributed by atoms with Crippen LogP contribution in [0.25, 0.3) is 10.8 Å². The summed E-state index contributed by atoms with van der Waals surface area (Å²) in [7, 11) is 0. The SMILES string of the molecule is Cc1cc(C)n(Cc2ccc(C(=O)NCc3n[nH]c(=O)c4ccccc34)cc2)n1. The van der Waals surface area contributed by atoms with Crippen molar-refractivity contribution in [2.24, 2.45) is 0 Å². The van der Waals surface area contributed by atoms with Gasteiger partial charge in [-0.2, -0.15) is 10.2 Å². The fourth-order valence-corrected chi connectivity index (χ4v) is 3.34. The predicted octanol–water partition coefficient (Wildman–Crippen LogP) is 2.71. The number of rotatable bonds is 5. The van der Waals surface area contributed by atoms with Crippen LogP contribution < -0.4 is 10.9 Å². The Morgan fingerprint density at radius 3 is 2.48 bits per heavy atom. The molecule has 0 spiro atoms. The summed E-state index contributed by atoms with van der Waals surface area (Å²) in [6, 6.07) is 16.7. The number of aryl methyl sites for hydroxylation is 2. The second-order valence-corrected chi connectivity index (χ2v) is 7.01. The number of carbonyl (C=O) groups excluding carboxylic acids is 1. The van der Waals surface area contributed by atoms with Gasteiger partial charge in [-0.1, -0.05) is 30.3 Å². The summed E-state index contributed by atoms with van der Waals surface area (Å²) in [6.45, 7) is 4.88. The van der Waals surface area contributed by atoms with Crippen molar-refractivity contribution in [2.45, 2.75) is 26.9 Å². The lowest BCUT2D eigenvalue weighted by Gasteiger charge is -2.08. The van der Waals surface area contributed by atoms with Crippen LogP contribution in [0.1, 0.15) is 33.0 Å². The largest absolute Gasteiger partial charge is 0.346 e. The number of nitrogens with one attached hydrogen (secondary N) is 2. The predicted molar refractivity (Wildman–Crippen MR) is 111 cm³/mol. The van der Waals surface area contributed by atoms with Gasteiger partial charge in [-0.3, -0.25) is 14.3 Å². The highest BCUT2D eigenvalue weighted by molar-refractivity contribution is 5.94. The van der Waals surface area contributed by atoms with E-state index in [0.717, 1.165) is 22.3 Å². The molecule has 7 heteroatoms. The van der Waals surface area contributed by atoms with Crippen molar-refractivity contribution in [3.05, 3.63) is 93.2 Å². The lowest BCUT2D eigenvalue weighted by atomic mass is 10.1. The fraction of sp³-hybridized carbons (Fsp3) is 0.182. The standard InChI is InChI=1S/C22H21N5O2/c1-14-11-15(2)27(26-14)13-16-7-9-17(10-8-16)21(28)23-12-20-18-5-3-4-6-19(18)22(29)25-24-20/h3-11H,12-13H2,1-2H3,(H,23,28)(H,25,29). The second-order valence-electron chi connectivity index (χ2n) is 7.01. The van der Waals surface area contributed by atoms with Crippen molar-refractivity contribution in [1.82, 2.24) is 25.3 Å². The van der Waals surface area contributed by atoms with Crippen LogP contribution in [-0.2, 0) is 13.1 Å². The second kappa shape index (κ2) is 7.71. The normalized spacial score (nSPS) is 11.0. The Kier molecular flexibility index (Phi) is 4.95. The third-order valence-corrected chi connectivity index (χ3v) is 4.84. The topological polar surface area (TPSA) is 92.7 Å². The Hall–Kier alpha value is -3.74. The molecule has 0 aliphatic carbocycles. The van der Waals surface area contributed by atoms with Crippen molar-refractivity contribution in [1.29, 1.82) is 0 Å². The summed E-state index contributed by atoms with van der Waals surface area (Å²) in [4.78, 5) is 24.4. The van der Waals surface area contributed by atoms with Crippen LogP contribution >= 0.6 is 0 Å².